The van der Waals surface area contributed by atoms with Gasteiger partial charge in [-0.1, -0.05) is 18.2 Å². The number of hydrogen-bond acceptors (Lipinski definition) is 3. The van der Waals surface area contributed by atoms with Gasteiger partial charge < -0.3 is 9.47 Å². The third kappa shape index (κ3) is 1.92. The summed E-state index contributed by atoms with van der Waals surface area (Å²) in [5.41, 5.74) is 2.91. The summed E-state index contributed by atoms with van der Waals surface area (Å²) >= 11 is 0. The molecule has 1 aromatic carbocycles. The highest BCUT2D eigenvalue weighted by Crippen LogP contribution is 2.24. The fourth-order valence-corrected chi connectivity index (χ4v) is 1.82. The van der Waals surface area contributed by atoms with Crippen molar-refractivity contribution in [3.8, 4) is 0 Å². The van der Waals surface area contributed by atoms with E-state index in [-0.39, 0.29) is 6.29 Å². The summed E-state index contributed by atoms with van der Waals surface area (Å²) in [5, 5.41) is 1.10. The molecule has 3 nitrogen and oxygen atoms in total. The zero-order valence-electron chi connectivity index (χ0n) is 9.73. The highest BCUT2D eigenvalue weighted by molar-refractivity contribution is 5.79. The average Bonchev–Trinajstić information content (AvgIpc) is 2.31. The van der Waals surface area contributed by atoms with Gasteiger partial charge in [0.2, 0.25) is 0 Å². The Morgan fingerprint density at radius 2 is 1.81 bits per heavy atom. The summed E-state index contributed by atoms with van der Waals surface area (Å²) in [7, 11) is 3.26. The average molecular weight is 217 g/mol. The standard InChI is InChI=1S/C13H15NO2/c1-9-11(13(15-2)16-3)8-10-6-4-5-7-12(10)14-9/h4-8,13H,1-3H3. The number of fused-ring (bicyclic) bond motifs is 1. The summed E-state index contributed by atoms with van der Waals surface area (Å²) < 4.78 is 10.5. The normalized spacial score (nSPS) is 11.2. The summed E-state index contributed by atoms with van der Waals surface area (Å²) in [6, 6.07) is 10.1. The Labute approximate surface area is 95.0 Å². The minimum absolute atomic E-state index is 0.350. The van der Waals surface area contributed by atoms with Crippen molar-refractivity contribution in [2.45, 2.75) is 13.2 Å². The lowest BCUT2D eigenvalue weighted by atomic mass is 10.1. The SMILES string of the molecule is COC(OC)c1cc2ccccc2nc1C. The van der Waals surface area contributed by atoms with Crippen LogP contribution < -0.4 is 0 Å². The lowest BCUT2D eigenvalue weighted by Gasteiger charge is -2.16. The fraction of sp³-hybridized carbons (Fsp3) is 0.308. The van der Waals surface area contributed by atoms with Crippen molar-refractivity contribution in [3.05, 3.63) is 41.6 Å². The second-order valence-corrected chi connectivity index (χ2v) is 3.66. The van der Waals surface area contributed by atoms with Crippen molar-refractivity contribution < 1.29 is 9.47 Å². The Morgan fingerprint density at radius 1 is 1.12 bits per heavy atom. The van der Waals surface area contributed by atoms with Crippen LogP contribution in [0.2, 0.25) is 0 Å². The van der Waals surface area contributed by atoms with Gasteiger partial charge in [0.1, 0.15) is 0 Å². The Morgan fingerprint density at radius 3 is 2.50 bits per heavy atom. The Balaban J connectivity index is 2.57. The van der Waals surface area contributed by atoms with E-state index in [9.17, 15) is 0 Å². The van der Waals surface area contributed by atoms with E-state index in [1.165, 1.54) is 0 Å². The predicted molar refractivity (Wildman–Crippen MR) is 63.2 cm³/mol. The first-order chi connectivity index (χ1) is 7.76. The van der Waals surface area contributed by atoms with Crippen LogP contribution in [0.1, 0.15) is 17.5 Å². The van der Waals surface area contributed by atoms with Crippen LogP contribution in [0.3, 0.4) is 0 Å². The number of hydrogen-bond donors (Lipinski definition) is 0. The Kier molecular flexibility index (Phi) is 3.17. The van der Waals surface area contributed by atoms with Crippen LogP contribution in [0.5, 0.6) is 0 Å². The van der Waals surface area contributed by atoms with Gasteiger partial charge in [0.15, 0.2) is 6.29 Å². The van der Waals surface area contributed by atoms with Gasteiger partial charge in [-0.3, -0.25) is 4.98 Å². The Hall–Kier alpha value is -1.45. The van der Waals surface area contributed by atoms with Crippen molar-refractivity contribution in [1.29, 1.82) is 0 Å². The third-order valence-corrected chi connectivity index (χ3v) is 2.64. The molecule has 0 bridgehead atoms. The molecule has 0 spiro atoms. The second-order valence-electron chi connectivity index (χ2n) is 3.66. The molecule has 0 radical (unpaired) electrons. The number of pyridine rings is 1. The molecule has 0 amide bonds. The van der Waals surface area contributed by atoms with E-state index in [0.717, 1.165) is 22.2 Å². The fourth-order valence-electron chi connectivity index (χ4n) is 1.82. The molecule has 0 N–H and O–H groups in total. The molecule has 0 aliphatic rings. The van der Waals surface area contributed by atoms with Crippen LogP contribution in [0.4, 0.5) is 0 Å². The van der Waals surface area contributed by atoms with Gasteiger partial charge in [0.25, 0.3) is 0 Å². The minimum atomic E-state index is -0.350. The maximum absolute atomic E-state index is 5.25. The molecule has 2 aromatic rings. The van der Waals surface area contributed by atoms with Crippen LogP contribution in [0.15, 0.2) is 30.3 Å². The molecule has 0 saturated heterocycles. The summed E-state index contributed by atoms with van der Waals surface area (Å²) in [6.45, 7) is 1.97. The lowest BCUT2D eigenvalue weighted by molar-refractivity contribution is -0.106. The van der Waals surface area contributed by atoms with Crippen LogP contribution in [0.25, 0.3) is 10.9 Å². The molecule has 2 rings (SSSR count). The topological polar surface area (TPSA) is 31.4 Å². The van der Waals surface area contributed by atoms with Crippen molar-refractivity contribution in [2.24, 2.45) is 0 Å². The first-order valence-electron chi connectivity index (χ1n) is 5.18. The predicted octanol–water partition coefficient (Wildman–Crippen LogP) is 2.83. The number of aryl methyl sites for hydroxylation is 1. The van der Waals surface area contributed by atoms with E-state index in [2.05, 4.69) is 11.1 Å². The molecule has 0 unspecified atom stereocenters. The van der Waals surface area contributed by atoms with E-state index >= 15 is 0 Å². The maximum atomic E-state index is 5.25. The van der Waals surface area contributed by atoms with Gasteiger partial charge in [-0.15, -0.1) is 0 Å². The second kappa shape index (κ2) is 4.60. The number of methoxy groups -OCH3 is 2. The van der Waals surface area contributed by atoms with E-state index in [0.29, 0.717) is 0 Å². The maximum Gasteiger partial charge on any atom is 0.184 e. The zero-order chi connectivity index (χ0) is 11.5. The minimum Gasteiger partial charge on any atom is -0.352 e. The lowest BCUT2D eigenvalue weighted by Crippen LogP contribution is -2.06. The number of aromatic nitrogens is 1. The van der Waals surface area contributed by atoms with Crippen LogP contribution in [-0.2, 0) is 9.47 Å². The van der Waals surface area contributed by atoms with Gasteiger partial charge >= 0.3 is 0 Å². The molecule has 1 aromatic heterocycles. The largest absolute Gasteiger partial charge is 0.352 e. The molecule has 16 heavy (non-hydrogen) atoms. The first kappa shape index (κ1) is 11.0. The van der Waals surface area contributed by atoms with Crippen molar-refractivity contribution in [3.63, 3.8) is 0 Å². The van der Waals surface area contributed by atoms with Gasteiger partial charge in [0.05, 0.1) is 5.52 Å². The molecule has 1 heterocycles. The zero-order valence-corrected chi connectivity index (χ0v) is 9.73. The van der Waals surface area contributed by atoms with E-state index in [1.807, 2.05) is 31.2 Å². The van der Waals surface area contributed by atoms with Crippen LogP contribution in [-0.4, -0.2) is 19.2 Å². The van der Waals surface area contributed by atoms with Crippen molar-refractivity contribution >= 4 is 10.9 Å². The molecule has 84 valence electrons. The molecule has 3 heteroatoms. The summed E-state index contributed by atoms with van der Waals surface area (Å²) in [6.07, 6.45) is -0.350. The number of ether oxygens (including phenoxy) is 2. The van der Waals surface area contributed by atoms with Gasteiger partial charge in [-0.2, -0.15) is 0 Å². The van der Waals surface area contributed by atoms with Gasteiger partial charge in [-0.05, 0) is 19.1 Å². The summed E-state index contributed by atoms with van der Waals surface area (Å²) in [4.78, 5) is 4.53. The number of nitrogens with zero attached hydrogens (tertiary/aromatic N) is 1. The quantitative estimate of drug-likeness (QED) is 0.741. The van der Waals surface area contributed by atoms with E-state index in [1.54, 1.807) is 14.2 Å². The number of para-hydroxylation sites is 1. The molecule has 0 fully saturated rings. The van der Waals surface area contributed by atoms with Crippen molar-refractivity contribution in [2.75, 3.05) is 14.2 Å². The van der Waals surface area contributed by atoms with Gasteiger partial charge in [-0.25, -0.2) is 0 Å². The third-order valence-electron chi connectivity index (χ3n) is 2.64. The van der Waals surface area contributed by atoms with Crippen LogP contribution >= 0.6 is 0 Å². The van der Waals surface area contributed by atoms with E-state index in [4.69, 9.17) is 9.47 Å². The molecular weight excluding hydrogens is 202 g/mol. The molecule has 0 saturated carbocycles. The number of benzene rings is 1. The molecule has 0 aliphatic heterocycles. The van der Waals surface area contributed by atoms with E-state index < -0.39 is 0 Å². The Bertz CT molecular complexity index is 492. The summed E-state index contributed by atoms with van der Waals surface area (Å²) in [5.74, 6) is 0. The molecule has 0 aliphatic carbocycles. The van der Waals surface area contributed by atoms with Crippen LogP contribution in [0, 0.1) is 6.92 Å². The smallest absolute Gasteiger partial charge is 0.184 e. The van der Waals surface area contributed by atoms with Crippen molar-refractivity contribution in [1.82, 2.24) is 4.98 Å². The highest BCUT2D eigenvalue weighted by atomic mass is 16.7. The first-order valence-corrected chi connectivity index (χ1v) is 5.18. The molecule has 0 atom stereocenters. The number of rotatable bonds is 3. The highest BCUT2D eigenvalue weighted by Gasteiger charge is 2.13. The molecular formula is C13H15NO2. The monoisotopic (exact) mass is 217 g/mol. The van der Waals surface area contributed by atoms with Gasteiger partial charge in [0, 0.05) is 30.9 Å².